The number of benzene rings is 2. The summed E-state index contributed by atoms with van der Waals surface area (Å²) in [6.45, 7) is 2.97. The Morgan fingerprint density at radius 3 is 2.52 bits per heavy atom. The van der Waals surface area contributed by atoms with Crippen LogP contribution in [0.3, 0.4) is 0 Å². The van der Waals surface area contributed by atoms with Crippen LogP contribution in [0.5, 0.6) is 5.75 Å². The fourth-order valence-electron chi connectivity index (χ4n) is 2.24. The highest BCUT2D eigenvalue weighted by Gasteiger charge is 2.18. The predicted molar refractivity (Wildman–Crippen MR) is 87.2 cm³/mol. The largest absolute Gasteiger partial charge is 0.497 e. The molecule has 112 valence electrons. The molecule has 0 heterocycles. The van der Waals surface area contributed by atoms with Crippen LogP contribution in [-0.2, 0) is 0 Å². The van der Waals surface area contributed by atoms with Crippen molar-refractivity contribution in [3.05, 3.63) is 63.9 Å². The third-order valence-corrected chi connectivity index (χ3v) is 4.18. The standard InChI is InChI=1S/C17H19BrFNO/c1-3-11-20-17(12-7-9-13(21-2)10-8-12)14-5-4-6-15(19)16(14)18/h4-10,17,20H,3,11H2,1-2H3. The molecule has 1 N–H and O–H groups in total. The number of halogens is 2. The summed E-state index contributed by atoms with van der Waals surface area (Å²) in [5, 5.41) is 3.47. The van der Waals surface area contributed by atoms with Gasteiger partial charge in [0.2, 0.25) is 0 Å². The normalized spacial score (nSPS) is 12.2. The summed E-state index contributed by atoms with van der Waals surface area (Å²) in [6, 6.07) is 12.9. The van der Waals surface area contributed by atoms with Crippen LogP contribution in [0.25, 0.3) is 0 Å². The zero-order valence-electron chi connectivity index (χ0n) is 12.2. The first-order valence-electron chi connectivity index (χ1n) is 6.98. The van der Waals surface area contributed by atoms with Crippen LogP contribution < -0.4 is 10.1 Å². The molecule has 0 aliphatic heterocycles. The van der Waals surface area contributed by atoms with Crippen molar-refractivity contribution in [1.29, 1.82) is 0 Å². The van der Waals surface area contributed by atoms with Crippen LogP contribution in [0, 0.1) is 5.82 Å². The van der Waals surface area contributed by atoms with Gasteiger partial charge in [-0.05, 0) is 58.2 Å². The van der Waals surface area contributed by atoms with Crippen molar-refractivity contribution >= 4 is 15.9 Å². The summed E-state index contributed by atoms with van der Waals surface area (Å²) >= 11 is 3.36. The third kappa shape index (κ3) is 3.83. The first-order valence-corrected chi connectivity index (χ1v) is 7.78. The fraction of sp³-hybridized carbons (Fsp3) is 0.294. The van der Waals surface area contributed by atoms with Gasteiger partial charge in [0.05, 0.1) is 17.6 Å². The van der Waals surface area contributed by atoms with Crippen molar-refractivity contribution in [2.24, 2.45) is 0 Å². The van der Waals surface area contributed by atoms with Crippen LogP contribution in [0.1, 0.15) is 30.5 Å². The zero-order valence-corrected chi connectivity index (χ0v) is 13.8. The van der Waals surface area contributed by atoms with E-state index in [4.69, 9.17) is 4.74 Å². The zero-order chi connectivity index (χ0) is 15.2. The Hall–Kier alpha value is -1.39. The van der Waals surface area contributed by atoms with Gasteiger partial charge in [-0.25, -0.2) is 4.39 Å². The van der Waals surface area contributed by atoms with Gasteiger partial charge in [-0.3, -0.25) is 0 Å². The molecule has 0 fully saturated rings. The summed E-state index contributed by atoms with van der Waals surface area (Å²) in [5.74, 6) is 0.565. The van der Waals surface area contributed by atoms with E-state index in [1.54, 1.807) is 13.2 Å². The van der Waals surface area contributed by atoms with Crippen molar-refractivity contribution in [2.75, 3.05) is 13.7 Å². The Bertz CT molecular complexity index is 586. The molecule has 0 bridgehead atoms. The second kappa shape index (κ2) is 7.57. The van der Waals surface area contributed by atoms with Gasteiger partial charge in [0.1, 0.15) is 11.6 Å². The summed E-state index contributed by atoms with van der Waals surface area (Å²) in [5.41, 5.74) is 1.98. The average molecular weight is 352 g/mol. The Balaban J connectivity index is 2.39. The topological polar surface area (TPSA) is 21.3 Å². The summed E-state index contributed by atoms with van der Waals surface area (Å²) in [6.07, 6.45) is 1.01. The highest BCUT2D eigenvalue weighted by molar-refractivity contribution is 9.10. The summed E-state index contributed by atoms with van der Waals surface area (Å²) < 4.78 is 19.5. The second-order valence-corrected chi connectivity index (χ2v) is 5.60. The highest BCUT2D eigenvalue weighted by atomic mass is 79.9. The number of hydrogen-bond acceptors (Lipinski definition) is 2. The highest BCUT2D eigenvalue weighted by Crippen LogP contribution is 2.31. The molecule has 0 aromatic heterocycles. The van der Waals surface area contributed by atoms with Crippen molar-refractivity contribution in [2.45, 2.75) is 19.4 Å². The van der Waals surface area contributed by atoms with E-state index >= 15 is 0 Å². The van der Waals surface area contributed by atoms with Crippen LogP contribution >= 0.6 is 15.9 Å². The minimum absolute atomic E-state index is 0.0547. The molecule has 0 saturated heterocycles. The van der Waals surface area contributed by atoms with E-state index in [0.29, 0.717) is 4.47 Å². The smallest absolute Gasteiger partial charge is 0.137 e. The number of nitrogens with one attached hydrogen (secondary N) is 1. The summed E-state index contributed by atoms with van der Waals surface area (Å²) in [7, 11) is 1.64. The maximum Gasteiger partial charge on any atom is 0.137 e. The van der Waals surface area contributed by atoms with Crippen molar-refractivity contribution in [3.63, 3.8) is 0 Å². The van der Waals surface area contributed by atoms with E-state index in [1.165, 1.54) is 6.07 Å². The van der Waals surface area contributed by atoms with Crippen molar-refractivity contribution < 1.29 is 9.13 Å². The van der Waals surface area contributed by atoms with Crippen molar-refractivity contribution in [1.82, 2.24) is 5.32 Å². The lowest BCUT2D eigenvalue weighted by Crippen LogP contribution is -2.23. The lowest BCUT2D eigenvalue weighted by atomic mass is 9.98. The van der Waals surface area contributed by atoms with Gasteiger partial charge in [-0.2, -0.15) is 0 Å². The molecule has 0 amide bonds. The fourth-order valence-corrected chi connectivity index (χ4v) is 2.73. The van der Waals surface area contributed by atoms with E-state index in [1.807, 2.05) is 30.3 Å². The molecule has 0 aliphatic carbocycles. The van der Waals surface area contributed by atoms with E-state index < -0.39 is 0 Å². The molecule has 1 atom stereocenters. The maximum absolute atomic E-state index is 13.8. The number of rotatable bonds is 6. The lowest BCUT2D eigenvalue weighted by molar-refractivity contribution is 0.414. The predicted octanol–water partition coefficient (Wildman–Crippen LogP) is 4.69. The van der Waals surface area contributed by atoms with Crippen LogP contribution in [-0.4, -0.2) is 13.7 Å². The Morgan fingerprint density at radius 2 is 1.90 bits per heavy atom. The number of ether oxygens (including phenoxy) is 1. The van der Waals surface area contributed by atoms with E-state index in [9.17, 15) is 4.39 Å². The first kappa shape index (κ1) is 16.0. The quantitative estimate of drug-likeness (QED) is 0.815. The Kier molecular flexibility index (Phi) is 5.76. The Morgan fingerprint density at radius 1 is 1.19 bits per heavy atom. The molecule has 0 saturated carbocycles. The monoisotopic (exact) mass is 351 g/mol. The number of hydrogen-bond donors (Lipinski definition) is 1. The van der Waals surface area contributed by atoms with Crippen LogP contribution in [0.2, 0.25) is 0 Å². The summed E-state index contributed by atoms with van der Waals surface area (Å²) in [4.78, 5) is 0. The molecular formula is C17H19BrFNO. The van der Waals surface area contributed by atoms with Crippen LogP contribution in [0.4, 0.5) is 4.39 Å². The minimum atomic E-state index is -0.246. The SMILES string of the molecule is CCCNC(c1ccc(OC)cc1)c1cccc(F)c1Br. The van der Waals surface area contributed by atoms with Gasteiger partial charge in [-0.1, -0.05) is 31.2 Å². The van der Waals surface area contributed by atoms with E-state index in [-0.39, 0.29) is 11.9 Å². The van der Waals surface area contributed by atoms with Gasteiger partial charge in [-0.15, -0.1) is 0 Å². The molecule has 1 unspecified atom stereocenters. The van der Waals surface area contributed by atoms with Gasteiger partial charge in [0, 0.05) is 0 Å². The molecule has 2 rings (SSSR count). The average Bonchev–Trinajstić information content (AvgIpc) is 2.52. The molecule has 21 heavy (non-hydrogen) atoms. The van der Waals surface area contributed by atoms with Gasteiger partial charge >= 0.3 is 0 Å². The third-order valence-electron chi connectivity index (χ3n) is 3.34. The van der Waals surface area contributed by atoms with E-state index in [2.05, 4.69) is 28.2 Å². The molecule has 0 spiro atoms. The first-order chi connectivity index (χ1) is 10.2. The van der Waals surface area contributed by atoms with Crippen molar-refractivity contribution in [3.8, 4) is 5.75 Å². The van der Waals surface area contributed by atoms with Crippen LogP contribution in [0.15, 0.2) is 46.9 Å². The molecule has 0 aliphatic rings. The minimum Gasteiger partial charge on any atom is -0.497 e. The van der Waals surface area contributed by atoms with E-state index in [0.717, 1.165) is 29.8 Å². The second-order valence-electron chi connectivity index (χ2n) is 4.80. The molecule has 2 nitrogen and oxygen atoms in total. The molecule has 2 aromatic rings. The maximum atomic E-state index is 13.8. The molecular weight excluding hydrogens is 333 g/mol. The number of methoxy groups -OCH3 is 1. The molecule has 0 radical (unpaired) electrons. The van der Waals surface area contributed by atoms with Gasteiger partial charge in [0.15, 0.2) is 0 Å². The lowest BCUT2D eigenvalue weighted by Gasteiger charge is -2.21. The van der Waals surface area contributed by atoms with Gasteiger partial charge < -0.3 is 10.1 Å². The molecule has 2 aromatic carbocycles. The Labute approximate surface area is 133 Å². The van der Waals surface area contributed by atoms with Gasteiger partial charge in [0.25, 0.3) is 0 Å². The molecule has 4 heteroatoms.